The molecule has 0 aliphatic rings. The molecule has 1 aromatic rings. The zero-order valence-corrected chi connectivity index (χ0v) is 13.2. The van der Waals surface area contributed by atoms with Crippen LogP contribution in [0.4, 0.5) is 4.79 Å². The monoisotopic (exact) mass is 330 g/mol. The maximum atomic E-state index is 11.5. The van der Waals surface area contributed by atoms with Crippen molar-refractivity contribution in [1.82, 2.24) is 10.3 Å². The lowest BCUT2D eigenvalue weighted by Crippen LogP contribution is -2.40. The minimum atomic E-state index is -0.503. The van der Waals surface area contributed by atoms with E-state index < -0.39 is 11.7 Å². The number of rotatable bonds is 4. The van der Waals surface area contributed by atoms with Crippen LogP contribution in [0.5, 0.6) is 5.88 Å². The number of aromatic nitrogens is 1. The summed E-state index contributed by atoms with van der Waals surface area (Å²) in [6.07, 6.45) is 1.19. The van der Waals surface area contributed by atoms with Crippen molar-refractivity contribution in [3.05, 3.63) is 22.8 Å². The Morgan fingerprint density at radius 3 is 2.79 bits per heavy atom. The number of alkyl carbamates (subject to hydrolysis) is 1. The molecule has 1 N–H and O–H groups in total. The van der Waals surface area contributed by atoms with Crippen molar-refractivity contribution in [3.8, 4) is 5.88 Å². The summed E-state index contributed by atoms with van der Waals surface area (Å²) in [5.74, 6) is 0.507. The smallest absolute Gasteiger partial charge is 0.407 e. The van der Waals surface area contributed by atoms with Gasteiger partial charge in [0.15, 0.2) is 0 Å². The number of pyridine rings is 1. The highest BCUT2D eigenvalue weighted by molar-refractivity contribution is 9.10. The molecule has 0 aliphatic heterocycles. The molecule has 1 heterocycles. The quantitative estimate of drug-likeness (QED) is 0.921. The summed E-state index contributed by atoms with van der Waals surface area (Å²) in [5, 5.41) is 2.70. The van der Waals surface area contributed by atoms with Gasteiger partial charge >= 0.3 is 6.09 Å². The molecule has 106 valence electrons. The Bertz CT molecular complexity index is 432. The molecule has 6 heteroatoms. The predicted molar refractivity (Wildman–Crippen MR) is 76.3 cm³/mol. The fourth-order valence-electron chi connectivity index (χ4n) is 1.22. The van der Waals surface area contributed by atoms with Crippen molar-refractivity contribution >= 4 is 22.0 Å². The largest absolute Gasteiger partial charge is 0.475 e. The van der Waals surface area contributed by atoms with Gasteiger partial charge in [0.2, 0.25) is 5.88 Å². The third-order valence-corrected chi connectivity index (χ3v) is 2.43. The van der Waals surface area contributed by atoms with Gasteiger partial charge in [-0.3, -0.25) is 0 Å². The normalized spacial score (nSPS) is 12.7. The summed E-state index contributed by atoms with van der Waals surface area (Å²) >= 11 is 3.33. The summed E-state index contributed by atoms with van der Waals surface area (Å²) in [7, 11) is 0. The van der Waals surface area contributed by atoms with Crippen LogP contribution < -0.4 is 10.1 Å². The molecule has 1 amide bonds. The fraction of sp³-hybridized carbons (Fsp3) is 0.538. The van der Waals surface area contributed by atoms with Crippen LogP contribution in [0, 0.1) is 0 Å². The molecule has 0 radical (unpaired) electrons. The zero-order valence-electron chi connectivity index (χ0n) is 11.6. The second-order valence-corrected chi connectivity index (χ2v) is 6.09. The SMILES string of the molecule is C[C@@H](COc1cc(Br)ccn1)NC(=O)OC(C)(C)C. The van der Waals surface area contributed by atoms with Gasteiger partial charge < -0.3 is 14.8 Å². The van der Waals surface area contributed by atoms with Gasteiger partial charge in [-0.25, -0.2) is 9.78 Å². The van der Waals surface area contributed by atoms with Crippen molar-refractivity contribution in [3.63, 3.8) is 0 Å². The van der Waals surface area contributed by atoms with E-state index in [0.717, 1.165) is 4.47 Å². The lowest BCUT2D eigenvalue weighted by molar-refractivity contribution is 0.0493. The number of ether oxygens (including phenoxy) is 2. The summed E-state index contributed by atoms with van der Waals surface area (Å²) in [4.78, 5) is 15.6. The fourth-order valence-corrected chi connectivity index (χ4v) is 1.54. The van der Waals surface area contributed by atoms with Gasteiger partial charge in [0.25, 0.3) is 0 Å². The van der Waals surface area contributed by atoms with E-state index in [0.29, 0.717) is 12.5 Å². The highest BCUT2D eigenvalue weighted by atomic mass is 79.9. The molecule has 0 bridgehead atoms. The number of carbonyl (C=O) groups is 1. The van der Waals surface area contributed by atoms with Crippen molar-refractivity contribution in [2.75, 3.05) is 6.61 Å². The van der Waals surface area contributed by atoms with Crippen LogP contribution in [0.1, 0.15) is 27.7 Å². The molecule has 0 aliphatic carbocycles. The van der Waals surface area contributed by atoms with Crippen molar-refractivity contribution in [2.24, 2.45) is 0 Å². The summed E-state index contributed by atoms with van der Waals surface area (Å²) in [6, 6.07) is 3.41. The number of amides is 1. The first-order chi connectivity index (χ1) is 8.76. The molecule has 0 saturated carbocycles. The number of nitrogens with one attached hydrogen (secondary N) is 1. The highest BCUT2D eigenvalue weighted by Crippen LogP contribution is 2.14. The summed E-state index contributed by atoms with van der Waals surface area (Å²) < 4.78 is 11.5. The number of halogens is 1. The first-order valence-electron chi connectivity index (χ1n) is 6.00. The van der Waals surface area contributed by atoms with Gasteiger partial charge in [-0.05, 0) is 33.8 Å². The van der Waals surface area contributed by atoms with E-state index in [-0.39, 0.29) is 6.04 Å². The van der Waals surface area contributed by atoms with Gasteiger partial charge in [0.1, 0.15) is 12.2 Å². The van der Waals surface area contributed by atoms with Crippen molar-refractivity contribution in [1.29, 1.82) is 0 Å². The lowest BCUT2D eigenvalue weighted by Gasteiger charge is -2.21. The minimum Gasteiger partial charge on any atom is -0.475 e. The third-order valence-electron chi connectivity index (χ3n) is 1.94. The summed E-state index contributed by atoms with van der Waals surface area (Å²) in [6.45, 7) is 7.61. The standard InChI is InChI=1S/C13H19BrN2O3/c1-9(16-12(17)19-13(2,3)4)8-18-11-7-10(14)5-6-15-11/h5-7,9H,8H2,1-4H3,(H,16,17)/t9-/m0/s1. The van der Waals surface area contributed by atoms with Gasteiger partial charge in [-0.2, -0.15) is 0 Å². The predicted octanol–water partition coefficient (Wildman–Crippen LogP) is 3.14. The number of hydrogen-bond donors (Lipinski definition) is 1. The van der Waals surface area contributed by atoms with Crippen LogP contribution >= 0.6 is 15.9 Å². The van der Waals surface area contributed by atoms with Crippen molar-refractivity contribution in [2.45, 2.75) is 39.3 Å². The Labute approximate surface area is 121 Å². The number of nitrogens with zero attached hydrogens (tertiary/aromatic N) is 1. The Kier molecular flexibility index (Phi) is 5.60. The second-order valence-electron chi connectivity index (χ2n) is 5.17. The van der Waals surface area contributed by atoms with Crippen LogP contribution in [0.3, 0.4) is 0 Å². The molecule has 0 unspecified atom stereocenters. The maximum Gasteiger partial charge on any atom is 0.407 e. The van der Waals surface area contributed by atoms with Gasteiger partial charge in [-0.15, -0.1) is 0 Å². The third kappa shape index (κ3) is 7.00. The molecule has 5 nitrogen and oxygen atoms in total. The Balaban J connectivity index is 2.36. The van der Waals surface area contributed by atoms with Crippen LogP contribution in [-0.4, -0.2) is 29.3 Å². The zero-order chi connectivity index (χ0) is 14.5. The average molecular weight is 331 g/mol. The lowest BCUT2D eigenvalue weighted by atomic mass is 10.2. The molecular formula is C13H19BrN2O3. The molecule has 0 aromatic carbocycles. The van der Waals surface area contributed by atoms with Gasteiger partial charge in [0.05, 0.1) is 6.04 Å². The Morgan fingerprint density at radius 2 is 2.21 bits per heavy atom. The molecule has 19 heavy (non-hydrogen) atoms. The first-order valence-corrected chi connectivity index (χ1v) is 6.79. The number of carbonyl (C=O) groups excluding carboxylic acids is 1. The Morgan fingerprint density at radius 1 is 1.53 bits per heavy atom. The van der Waals surface area contributed by atoms with Crippen LogP contribution in [0.25, 0.3) is 0 Å². The van der Waals surface area contributed by atoms with Gasteiger partial charge in [-0.1, -0.05) is 15.9 Å². The number of hydrogen-bond acceptors (Lipinski definition) is 4. The van der Waals surface area contributed by atoms with E-state index in [1.54, 1.807) is 12.3 Å². The van der Waals surface area contributed by atoms with E-state index in [2.05, 4.69) is 26.2 Å². The van der Waals surface area contributed by atoms with E-state index >= 15 is 0 Å². The average Bonchev–Trinajstić information content (AvgIpc) is 2.23. The van der Waals surface area contributed by atoms with Crippen molar-refractivity contribution < 1.29 is 14.3 Å². The molecule has 1 atom stereocenters. The Hall–Kier alpha value is -1.30. The van der Waals surface area contributed by atoms with Crippen LogP contribution in [-0.2, 0) is 4.74 Å². The van der Waals surface area contributed by atoms with Crippen LogP contribution in [0.15, 0.2) is 22.8 Å². The second kappa shape index (κ2) is 6.75. The van der Waals surface area contributed by atoms with E-state index in [9.17, 15) is 4.79 Å². The van der Waals surface area contributed by atoms with E-state index in [4.69, 9.17) is 9.47 Å². The molecule has 0 spiro atoms. The maximum absolute atomic E-state index is 11.5. The molecule has 0 saturated heterocycles. The molecular weight excluding hydrogens is 312 g/mol. The van der Waals surface area contributed by atoms with Crippen LogP contribution in [0.2, 0.25) is 0 Å². The van der Waals surface area contributed by atoms with E-state index in [1.807, 2.05) is 33.8 Å². The highest BCUT2D eigenvalue weighted by Gasteiger charge is 2.17. The minimum absolute atomic E-state index is 0.171. The summed E-state index contributed by atoms with van der Waals surface area (Å²) in [5.41, 5.74) is -0.503. The first kappa shape index (κ1) is 15.8. The molecule has 1 aromatic heterocycles. The molecule has 0 fully saturated rings. The molecule has 1 rings (SSSR count). The van der Waals surface area contributed by atoms with E-state index in [1.165, 1.54) is 0 Å². The van der Waals surface area contributed by atoms with Gasteiger partial charge in [0, 0.05) is 16.7 Å². The topological polar surface area (TPSA) is 60.5 Å².